The van der Waals surface area contributed by atoms with E-state index in [0.29, 0.717) is 0 Å². The Kier molecular flexibility index (Phi) is 6.54. The Hall–Kier alpha value is -0.0100. The summed E-state index contributed by atoms with van der Waals surface area (Å²) in [5.74, 6) is 0. The van der Waals surface area contributed by atoms with Crippen LogP contribution in [0.5, 0.6) is 0 Å². The molecule has 0 aliphatic heterocycles. The van der Waals surface area contributed by atoms with Crippen LogP contribution in [0.2, 0.25) is 0 Å². The standard InChI is InChI=1S/C8H16ClF2NO3/c1-4-14-7(15-5-2)8(9,13)6(3)12(10)11/h6-7,13H,4-5H2,1-3H3. The molecular weight excluding hydrogens is 232 g/mol. The van der Waals surface area contributed by atoms with Crippen molar-refractivity contribution in [3.05, 3.63) is 0 Å². The Labute approximate surface area is 92.6 Å². The van der Waals surface area contributed by atoms with Gasteiger partial charge in [-0.05, 0) is 20.8 Å². The van der Waals surface area contributed by atoms with E-state index < -0.39 is 22.7 Å². The van der Waals surface area contributed by atoms with Crippen LogP contribution < -0.4 is 0 Å². The monoisotopic (exact) mass is 247 g/mol. The second kappa shape index (κ2) is 6.55. The normalized spacial score (nSPS) is 18.2. The van der Waals surface area contributed by atoms with Crippen molar-refractivity contribution in [2.75, 3.05) is 13.2 Å². The molecule has 15 heavy (non-hydrogen) atoms. The van der Waals surface area contributed by atoms with Gasteiger partial charge in [-0.15, -0.1) is 8.96 Å². The topological polar surface area (TPSA) is 41.9 Å². The highest BCUT2D eigenvalue weighted by Crippen LogP contribution is 2.28. The van der Waals surface area contributed by atoms with Crippen LogP contribution in [0.25, 0.3) is 0 Å². The van der Waals surface area contributed by atoms with E-state index in [1.807, 2.05) is 0 Å². The van der Waals surface area contributed by atoms with Crippen LogP contribution in [-0.2, 0) is 9.47 Å². The largest absolute Gasteiger partial charge is 0.369 e. The quantitative estimate of drug-likeness (QED) is 0.423. The van der Waals surface area contributed by atoms with E-state index in [0.717, 1.165) is 6.92 Å². The van der Waals surface area contributed by atoms with Gasteiger partial charge in [0.25, 0.3) is 0 Å². The van der Waals surface area contributed by atoms with Gasteiger partial charge in [-0.3, -0.25) is 0 Å². The Morgan fingerprint density at radius 1 is 1.33 bits per heavy atom. The van der Waals surface area contributed by atoms with Crippen molar-refractivity contribution in [3.8, 4) is 0 Å². The maximum Gasteiger partial charge on any atom is 0.210 e. The summed E-state index contributed by atoms with van der Waals surface area (Å²) in [6.07, 6.45) is -1.29. The summed E-state index contributed by atoms with van der Waals surface area (Å²) < 4.78 is 34.4. The smallest absolute Gasteiger partial charge is 0.210 e. The third-order valence-corrected chi connectivity index (χ3v) is 2.34. The Morgan fingerprint density at radius 3 is 2.00 bits per heavy atom. The summed E-state index contributed by atoms with van der Waals surface area (Å²) in [4.78, 5) is 0. The van der Waals surface area contributed by atoms with E-state index in [9.17, 15) is 14.1 Å². The molecule has 0 aromatic carbocycles. The molecule has 0 bridgehead atoms. The van der Waals surface area contributed by atoms with Crippen molar-refractivity contribution >= 4 is 11.6 Å². The fourth-order valence-electron chi connectivity index (χ4n) is 0.918. The van der Waals surface area contributed by atoms with E-state index >= 15 is 0 Å². The SMILES string of the molecule is CCOC(OCC)C(O)(Cl)C(C)N(F)F. The molecule has 0 saturated carbocycles. The zero-order chi connectivity index (χ0) is 12.1. The minimum Gasteiger partial charge on any atom is -0.369 e. The van der Waals surface area contributed by atoms with Crippen molar-refractivity contribution in [2.45, 2.75) is 38.2 Å². The van der Waals surface area contributed by atoms with E-state index in [1.54, 1.807) is 13.8 Å². The number of aliphatic hydroxyl groups is 1. The van der Waals surface area contributed by atoms with Crippen molar-refractivity contribution in [3.63, 3.8) is 0 Å². The first-order valence-corrected chi connectivity index (χ1v) is 5.00. The van der Waals surface area contributed by atoms with Gasteiger partial charge in [0, 0.05) is 18.6 Å². The molecule has 4 nitrogen and oxygen atoms in total. The first kappa shape index (κ1) is 15.0. The van der Waals surface area contributed by atoms with Gasteiger partial charge in [0.15, 0.2) is 0 Å². The van der Waals surface area contributed by atoms with Crippen molar-refractivity contribution in [1.29, 1.82) is 0 Å². The fourth-order valence-corrected chi connectivity index (χ4v) is 1.12. The molecule has 0 heterocycles. The van der Waals surface area contributed by atoms with E-state index in [-0.39, 0.29) is 13.2 Å². The molecule has 0 saturated heterocycles. The Balaban J connectivity index is 4.60. The maximum absolute atomic E-state index is 12.2. The molecule has 0 amide bonds. The summed E-state index contributed by atoms with van der Waals surface area (Å²) in [5, 5.41) is 6.19. The number of alkyl halides is 1. The zero-order valence-electron chi connectivity index (χ0n) is 8.91. The van der Waals surface area contributed by atoms with Crippen LogP contribution >= 0.6 is 11.6 Å². The predicted molar refractivity (Wildman–Crippen MR) is 51.4 cm³/mol. The fraction of sp³-hybridized carbons (Fsp3) is 1.00. The van der Waals surface area contributed by atoms with Crippen LogP contribution in [0.15, 0.2) is 0 Å². The van der Waals surface area contributed by atoms with Crippen molar-refractivity contribution < 1.29 is 23.5 Å². The third kappa shape index (κ3) is 4.16. The average molecular weight is 248 g/mol. The van der Waals surface area contributed by atoms with Crippen LogP contribution in [0.4, 0.5) is 8.96 Å². The van der Waals surface area contributed by atoms with Crippen molar-refractivity contribution in [2.24, 2.45) is 0 Å². The summed E-state index contributed by atoms with van der Waals surface area (Å²) in [7, 11) is 0. The Bertz CT molecular complexity index is 177. The van der Waals surface area contributed by atoms with Gasteiger partial charge < -0.3 is 14.6 Å². The lowest BCUT2D eigenvalue weighted by molar-refractivity contribution is -0.270. The summed E-state index contributed by atoms with van der Waals surface area (Å²) in [6, 6.07) is -1.61. The summed E-state index contributed by atoms with van der Waals surface area (Å²) in [6.45, 7) is 4.76. The highest BCUT2D eigenvalue weighted by Gasteiger charge is 2.45. The number of nitrogens with zero attached hydrogens (tertiary/aromatic N) is 1. The lowest BCUT2D eigenvalue weighted by Gasteiger charge is -2.33. The minimum atomic E-state index is -2.30. The van der Waals surface area contributed by atoms with Crippen molar-refractivity contribution in [1.82, 2.24) is 5.34 Å². The third-order valence-electron chi connectivity index (χ3n) is 1.85. The second-order valence-electron chi connectivity index (χ2n) is 2.91. The van der Waals surface area contributed by atoms with Crippen LogP contribution in [-0.4, -0.2) is 41.1 Å². The molecule has 0 spiro atoms. The first-order valence-electron chi connectivity index (χ1n) is 4.63. The van der Waals surface area contributed by atoms with E-state index in [1.165, 1.54) is 0 Å². The van der Waals surface area contributed by atoms with Gasteiger partial charge in [0.1, 0.15) is 6.04 Å². The number of hydrogen-bond donors (Lipinski definition) is 1. The number of ether oxygens (including phenoxy) is 2. The highest BCUT2D eigenvalue weighted by molar-refractivity contribution is 6.23. The molecular formula is C8H16ClF2NO3. The molecule has 0 aromatic rings. The van der Waals surface area contributed by atoms with E-state index in [2.05, 4.69) is 0 Å². The second-order valence-corrected chi connectivity index (χ2v) is 3.51. The zero-order valence-corrected chi connectivity index (χ0v) is 9.67. The molecule has 92 valence electrons. The molecule has 0 aliphatic carbocycles. The maximum atomic E-state index is 12.2. The Morgan fingerprint density at radius 2 is 1.73 bits per heavy atom. The predicted octanol–water partition coefficient (Wildman–Crippen LogP) is 1.77. The molecule has 0 aromatic heterocycles. The molecule has 2 unspecified atom stereocenters. The number of hydrogen-bond acceptors (Lipinski definition) is 4. The van der Waals surface area contributed by atoms with Crippen LogP contribution in [0, 0.1) is 0 Å². The highest BCUT2D eigenvalue weighted by atomic mass is 35.5. The first-order chi connectivity index (χ1) is 6.87. The molecule has 0 radical (unpaired) electrons. The van der Waals surface area contributed by atoms with Gasteiger partial charge in [0.05, 0.1) is 0 Å². The van der Waals surface area contributed by atoms with Crippen LogP contribution in [0.3, 0.4) is 0 Å². The van der Waals surface area contributed by atoms with Gasteiger partial charge >= 0.3 is 0 Å². The van der Waals surface area contributed by atoms with Gasteiger partial charge in [0.2, 0.25) is 11.4 Å². The van der Waals surface area contributed by atoms with Gasteiger partial charge in [-0.1, -0.05) is 11.6 Å². The molecule has 0 rings (SSSR count). The van der Waals surface area contributed by atoms with Crippen LogP contribution in [0.1, 0.15) is 20.8 Å². The lowest BCUT2D eigenvalue weighted by Crippen LogP contribution is -2.52. The van der Waals surface area contributed by atoms with Gasteiger partial charge in [-0.25, -0.2) is 0 Å². The number of halogens is 3. The molecule has 1 N–H and O–H groups in total. The molecule has 0 aliphatic rings. The van der Waals surface area contributed by atoms with E-state index in [4.69, 9.17) is 21.1 Å². The summed E-state index contributed by atoms with van der Waals surface area (Å²) in [5.41, 5.74) is 0. The van der Waals surface area contributed by atoms with Gasteiger partial charge in [-0.2, -0.15) is 0 Å². The number of rotatable bonds is 7. The molecule has 0 fully saturated rings. The summed E-state index contributed by atoms with van der Waals surface area (Å²) >= 11 is 5.59. The molecule has 2 atom stereocenters. The average Bonchev–Trinajstić information content (AvgIpc) is 2.16. The lowest BCUT2D eigenvalue weighted by atomic mass is 10.2. The minimum absolute atomic E-state index is 0.199. The molecule has 7 heteroatoms.